The molecule has 1 amide bonds. The lowest BCUT2D eigenvalue weighted by Crippen LogP contribution is -2.12. The first-order valence-corrected chi connectivity index (χ1v) is 7.93. The third-order valence-electron chi connectivity index (χ3n) is 3.12. The molecule has 0 aliphatic heterocycles. The SMILES string of the molecule is Cc1nc2ccc(C(=O)Nc3n[nH]c(CC(C)C)n3)cc2s1. The van der Waals surface area contributed by atoms with E-state index >= 15 is 0 Å². The number of aromatic amines is 1. The maximum Gasteiger partial charge on any atom is 0.258 e. The van der Waals surface area contributed by atoms with Crippen molar-refractivity contribution in [3.05, 3.63) is 34.6 Å². The van der Waals surface area contributed by atoms with E-state index in [1.807, 2.05) is 19.1 Å². The molecule has 0 fully saturated rings. The largest absolute Gasteiger partial charge is 0.289 e. The van der Waals surface area contributed by atoms with Gasteiger partial charge in [-0.2, -0.15) is 4.98 Å². The summed E-state index contributed by atoms with van der Waals surface area (Å²) in [6.45, 7) is 6.16. The van der Waals surface area contributed by atoms with Crippen molar-refractivity contribution in [2.75, 3.05) is 5.32 Å². The molecule has 3 aromatic rings. The number of aromatic nitrogens is 4. The molecule has 0 aliphatic rings. The molecule has 7 heteroatoms. The minimum absolute atomic E-state index is 0.219. The Hall–Kier alpha value is -2.28. The molecule has 0 unspecified atom stereocenters. The van der Waals surface area contributed by atoms with Gasteiger partial charge >= 0.3 is 0 Å². The van der Waals surface area contributed by atoms with E-state index in [1.54, 1.807) is 17.4 Å². The molecule has 2 N–H and O–H groups in total. The summed E-state index contributed by atoms with van der Waals surface area (Å²) in [6.07, 6.45) is 0.801. The van der Waals surface area contributed by atoms with Crippen LogP contribution in [0.15, 0.2) is 18.2 Å². The topological polar surface area (TPSA) is 83.6 Å². The molecular weight excluding hydrogens is 298 g/mol. The highest BCUT2D eigenvalue weighted by Crippen LogP contribution is 2.22. The van der Waals surface area contributed by atoms with E-state index in [0.29, 0.717) is 17.4 Å². The van der Waals surface area contributed by atoms with Crippen molar-refractivity contribution in [1.82, 2.24) is 20.2 Å². The molecule has 0 saturated heterocycles. The summed E-state index contributed by atoms with van der Waals surface area (Å²) < 4.78 is 1.00. The summed E-state index contributed by atoms with van der Waals surface area (Å²) in [5.41, 5.74) is 1.49. The number of carbonyl (C=O) groups excluding carboxylic acids is 1. The summed E-state index contributed by atoms with van der Waals surface area (Å²) in [5.74, 6) is 1.34. The molecule has 2 heterocycles. The Morgan fingerprint density at radius 2 is 2.18 bits per heavy atom. The van der Waals surface area contributed by atoms with E-state index < -0.39 is 0 Å². The van der Waals surface area contributed by atoms with Crippen LogP contribution in [0.2, 0.25) is 0 Å². The van der Waals surface area contributed by atoms with Crippen molar-refractivity contribution in [3.8, 4) is 0 Å². The Balaban J connectivity index is 1.76. The number of fused-ring (bicyclic) bond motifs is 1. The van der Waals surface area contributed by atoms with Gasteiger partial charge in [0, 0.05) is 12.0 Å². The van der Waals surface area contributed by atoms with Gasteiger partial charge in [-0.1, -0.05) is 13.8 Å². The molecule has 0 aliphatic carbocycles. The molecule has 3 rings (SSSR count). The minimum atomic E-state index is -0.219. The standard InChI is InChI=1S/C15H17N5OS/c1-8(2)6-13-17-15(20-19-13)18-14(21)10-4-5-11-12(7-10)22-9(3)16-11/h4-5,7-8H,6H2,1-3H3,(H2,17,18,19,20,21). The molecule has 6 nitrogen and oxygen atoms in total. The van der Waals surface area contributed by atoms with E-state index in [9.17, 15) is 4.79 Å². The number of carbonyl (C=O) groups is 1. The Morgan fingerprint density at radius 3 is 2.95 bits per heavy atom. The molecular formula is C15H17N5OS. The highest BCUT2D eigenvalue weighted by atomic mass is 32.1. The van der Waals surface area contributed by atoms with Gasteiger partial charge in [-0.05, 0) is 31.0 Å². The number of thiazole rings is 1. The smallest absolute Gasteiger partial charge is 0.258 e. The van der Waals surface area contributed by atoms with Crippen molar-refractivity contribution in [1.29, 1.82) is 0 Å². The summed E-state index contributed by atoms with van der Waals surface area (Å²) in [4.78, 5) is 20.9. The van der Waals surface area contributed by atoms with Crippen LogP contribution < -0.4 is 5.32 Å². The van der Waals surface area contributed by atoms with Crippen LogP contribution >= 0.6 is 11.3 Å². The number of H-pyrrole nitrogens is 1. The quantitative estimate of drug-likeness (QED) is 0.774. The number of rotatable bonds is 4. The van der Waals surface area contributed by atoms with E-state index in [4.69, 9.17) is 0 Å². The van der Waals surface area contributed by atoms with Crippen LogP contribution in [0.5, 0.6) is 0 Å². The van der Waals surface area contributed by atoms with Crippen molar-refractivity contribution in [2.45, 2.75) is 27.2 Å². The first kappa shape index (κ1) is 14.6. The lowest BCUT2D eigenvalue weighted by atomic mass is 10.1. The summed E-state index contributed by atoms with van der Waals surface area (Å²) in [6, 6.07) is 5.46. The van der Waals surface area contributed by atoms with Crippen LogP contribution in [0, 0.1) is 12.8 Å². The van der Waals surface area contributed by atoms with Gasteiger partial charge in [-0.15, -0.1) is 16.4 Å². The van der Waals surface area contributed by atoms with Crippen molar-refractivity contribution < 1.29 is 4.79 Å². The van der Waals surface area contributed by atoms with Crippen LogP contribution in [0.4, 0.5) is 5.95 Å². The summed E-state index contributed by atoms with van der Waals surface area (Å²) in [5, 5.41) is 10.6. The van der Waals surface area contributed by atoms with Crippen LogP contribution in [0.3, 0.4) is 0 Å². The fraction of sp³-hybridized carbons (Fsp3) is 0.333. The van der Waals surface area contributed by atoms with Crippen molar-refractivity contribution in [2.24, 2.45) is 5.92 Å². The predicted octanol–water partition coefficient (Wildman–Crippen LogP) is 3.17. The predicted molar refractivity (Wildman–Crippen MR) is 87.2 cm³/mol. The number of amides is 1. The average Bonchev–Trinajstić information content (AvgIpc) is 3.02. The lowest BCUT2D eigenvalue weighted by molar-refractivity contribution is 0.102. The van der Waals surface area contributed by atoms with Crippen LogP contribution in [-0.2, 0) is 6.42 Å². The molecule has 0 saturated carbocycles. The normalized spacial score (nSPS) is 11.3. The van der Waals surface area contributed by atoms with E-state index in [1.165, 1.54) is 0 Å². The zero-order valence-corrected chi connectivity index (χ0v) is 13.5. The van der Waals surface area contributed by atoms with E-state index in [-0.39, 0.29) is 5.91 Å². The molecule has 22 heavy (non-hydrogen) atoms. The average molecular weight is 315 g/mol. The molecule has 1 aromatic carbocycles. The third-order valence-corrected chi connectivity index (χ3v) is 4.05. The summed E-state index contributed by atoms with van der Waals surface area (Å²) >= 11 is 1.57. The second-order valence-electron chi connectivity index (χ2n) is 5.57. The number of hydrogen-bond donors (Lipinski definition) is 2. The fourth-order valence-corrected chi connectivity index (χ4v) is 3.05. The zero-order chi connectivity index (χ0) is 15.7. The summed E-state index contributed by atoms with van der Waals surface area (Å²) in [7, 11) is 0. The van der Waals surface area contributed by atoms with Gasteiger partial charge in [0.1, 0.15) is 5.82 Å². The number of aryl methyl sites for hydroxylation is 1. The fourth-order valence-electron chi connectivity index (χ4n) is 2.18. The lowest BCUT2D eigenvalue weighted by Gasteiger charge is -2.01. The van der Waals surface area contributed by atoms with Crippen molar-refractivity contribution in [3.63, 3.8) is 0 Å². The van der Waals surface area contributed by atoms with Gasteiger partial charge in [0.25, 0.3) is 5.91 Å². The number of nitrogens with zero attached hydrogens (tertiary/aromatic N) is 3. The maximum absolute atomic E-state index is 12.3. The van der Waals surface area contributed by atoms with Crippen LogP contribution in [-0.4, -0.2) is 26.1 Å². The van der Waals surface area contributed by atoms with Gasteiger partial charge in [0.15, 0.2) is 0 Å². The second-order valence-corrected chi connectivity index (χ2v) is 6.81. The van der Waals surface area contributed by atoms with E-state index in [2.05, 4.69) is 39.3 Å². The Bertz CT molecular complexity index is 820. The first-order chi connectivity index (χ1) is 10.5. The molecule has 0 bridgehead atoms. The number of hydrogen-bond acceptors (Lipinski definition) is 5. The monoisotopic (exact) mass is 315 g/mol. The van der Waals surface area contributed by atoms with Crippen LogP contribution in [0.25, 0.3) is 10.2 Å². The Morgan fingerprint density at radius 1 is 1.36 bits per heavy atom. The van der Waals surface area contributed by atoms with Gasteiger partial charge < -0.3 is 0 Å². The first-order valence-electron chi connectivity index (χ1n) is 7.11. The second kappa shape index (κ2) is 5.84. The van der Waals surface area contributed by atoms with E-state index in [0.717, 1.165) is 27.5 Å². The Kier molecular flexibility index (Phi) is 3.89. The van der Waals surface area contributed by atoms with Gasteiger partial charge in [0.05, 0.1) is 15.2 Å². The third kappa shape index (κ3) is 3.14. The molecule has 2 aromatic heterocycles. The highest BCUT2D eigenvalue weighted by molar-refractivity contribution is 7.18. The molecule has 114 valence electrons. The van der Waals surface area contributed by atoms with Crippen LogP contribution in [0.1, 0.15) is 35.0 Å². The number of anilines is 1. The molecule has 0 atom stereocenters. The van der Waals surface area contributed by atoms with Gasteiger partial charge in [-0.25, -0.2) is 4.98 Å². The maximum atomic E-state index is 12.3. The van der Waals surface area contributed by atoms with Crippen molar-refractivity contribution >= 4 is 33.4 Å². The molecule has 0 radical (unpaired) electrons. The number of benzene rings is 1. The van der Waals surface area contributed by atoms with Gasteiger partial charge in [-0.3, -0.25) is 15.2 Å². The zero-order valence-electron chi connectivity index (χ0n) is 12.7. The van der Waals surface area contributed by atoms with Gasteiger partial charge in [0.2, 0.25) is 5.95 Å². The number of nitrogens with one attached hydrogen (secondary N) is 2. The minimum Gasteiger partial charge on any atom is -0.289 e. The Labute approximate surface area is 132 Å². The highest BCUT2D eigenvalue weighted by Gasteiger charge is 2.12. The molecule has 0 spiro atoms.